The third-order valence-electron chi connectivity index (χ3n) is 4.28. The second-order valence-electron chi connectivity index (χ2n) is 7.15. The largest absolute Gasteiger partial charge is 0.456 e. The monoisotopic (exact) mass is 414 g/mol. The van der Waals surface area contributed by atoms with Gasteiger partial charge in [0.15, 0.2) is 5.82 Å². The molecule has 0 aliphatic carbocycles. The Labute approximate surface area is 173 Å². The van der Waals surface area contributed by atoms with E-state index < -0.39 is 6.04 Å². The maximum absolute atomic E-state index is 12.9. The van der Waals surface area contributed by atoms with Crippen molar-refractivity contribution in [1.82, 2.24) is 14.3 Å². The summed E-state index contributed by atoms with van der Waals surface area (Å²) in [5.41, 5.74) is -0.337. The summed E-state index contributed by atoms with van der Waals surface area (Å²) < 4.78 is 8.72. The molecule has 2 aromatic heterocycles. The van der Waals surface area contributed by atoms with Gasteiger partial charge in [0.05, 0.1) is 5.02 Å². The number of pyridine rings is 1. The van der Waals surface area contributed by atoms with Gasteiger partial charge in [0.1, 0.15) is 17.5 Å². The summed E-state index contributed by atoms with van der Waals surface area (Å²) >= 11 is 6.10. The average Bonchev–Trinajstić information content (AvgIpc) is 3.06. The number of para-hydroxylation sites is 1. The first-order valence-corrected chi connectivity index (χ1v) is 9.66. The topological polar surface area (TPSA) is 78.2 Å². The van der Waals surface area contributed by atoms with Crippen molar-refractivity contribution in [3.63, 3.8) is 0 Å². The Morgan fingerprint density at radius 1 is 1.21 bits per heavy atom. The summed E-state index contributed by atoms with van der Waals surface area (Å²) in [4.78, 5) is 25.6. The van der Waals surface area contributed by atoms with Crippen molar-refractivity contribution in [2.24, 2.45) is 13.0 Å². The number of anilines is 1. The molecule has 0 saturated carbocycles. The van der Waals surface area contributed by atoms with E-state index in [2.05, 4.69) is 10.4 Å². The molecule has 1 unspecified atom stereocenters. The van der Waals surface area contributed by atoms with Crippen LogP contribution in [0.3, 0.4) is 0 Å². The van der Waals surface area contributed by atoms with Gasteiger partial charge >= 0.3 is 0 Å². The Hall–Kier alpha value is -3.06. The molecule has 29 heavy (non-hydrogen) atoms. The van der Waals surface area contributed by atoms with E-state index in [0.717, 1.165) is 0 Å². The smallest absolute Gasteiger partial charge is 0.254 e. The summed E-state index contributed by atoms with van der Waals surface area (Å²) in [5, 5.41) is 7.39. The van der Waals surface area contributed by atoms with E-state index >= 15 is 0 Å². The lowest BCUT2D eigenvalue weighted by Crippen LogP contribution is -2.33. The quantitative estimate of drug-likeness (QED) is 0.626. The maximum atomic E-state index is 12.9. The second-order valence-corrected chi connectivity index (χ2v) is 7.56. The lowest BCUT2D eigenvalue weighted by Gasteiger charge is -2.21. The van der Waals surface area contributed by atoms with Gasteiger partial charge in [0.2, 0.25) is 5.91 Å². The minimum atomic E-state index is -0.668. The first-order chi connectivity index (χ1) is 13.8. The van der Waals surface area contributed by atoms with Crippen molar-refractivity contribution in [3.8, 4) is 11.5 Å². The zero-order chi connectivity index (χ0) is 21.0. The number of ether oxygens (including phenoxy) is 1. The molecule has 2 heterocycles. The normalized spacial score (nSPS) is 12.0. The number of carbonyl (C=O) groups excluding carboxylic acids is 1. The number of amides is 1. The van der Waals surface area contributed by atoms with Gasteiger partial charge in [0.25, 0.3) is 5.56 Å². The van der Waals surface area contributed by atoms with E-state index in [1.54, 1.807) is 60.5 Å². The number of hydrogen-bond acceptors (Lipinski definition) is 4. The minimum absolute atomic E-state index is 0.209. The van der Waals surface area contributed by atoms with Gasteiger partial charge < -0.3 is 14.6 Å². The maximum Gasteiger partial charge on any atom is 0.254 e. The molecule has 0 fully saturated rings. The van der Waals surface area contributed by atoms with Crippen LogP contribution in [-0.4, -0.2) is 20.3 Å². The Morgan fingerprint density at radius 3 is 2.59 bits per heavy atom. The van der Waals surface area contributed by atoms with Gasteiger partial charge in [0, 0.05) is 31.6 Å². The van der Waals surface area contributed by atoms with Gasteiger partial charge in [-0.3, -0.25) is 14.3 Å². The van der Waals surface area contributed by atoms with Crippen LogP contribution in [0.15, 0.2) is 59.7 Å². The minimum Gasteiger partial charge on any atom is -0.456 e. The molecule has 1 amide bonds. The molecular formula is C21H23ClN4O3. The first-order valence-electron chi connectivity index (χ1n) is 9.28. The van der Waals surface area contributed by atoms with Crippen molar-refractivity contribution >= 4 is 23.3 Å². The highest BCUT2D eigenvalue weighted by atomic mass is 35.5. The van der Waals surface area contributed by atoms with Crippen molar-refractivity contribution in [2.75, 3.05) is 5.32 Å². The van der Waals surface area contributed by atoms with Crippen LogP contribution in [-0.2, 0) is 11.8 Å². The van der Waals surface area contributed by atoms with Crippen LogP contribution in [0.1, 0.15) is 26.3 Å². The summed E-state index contributed by atoms with van der Waals surface area (Å²) in [6.45, 7) is 4.00. The lowest BCUT2D eigenvalue weighted by molar-refractivity contribution is -0.119. The molecule has 0 spiro atoms. The number of carbonyl (C=O) groups is 1. The molecule has 1 aromatic carbocycles. The van der Waals surface area contributed by atoms with Crippen LogP contribution in [0.5, 0.6) is 11.5 Å². The molecular weight excluding hydrogens is 392 g/mol. The third kappa shape index (κ3) is 5.26. The van der Waals surface area contributed by atoms with Crippen LogP contribution in [0.2, 0.25) is 5.02 Å². The number of benzene rings is 1. The standard InChI is InChI=1S/C21H23ClN4O3/c1-14(2)12-17(21(28)23-19-9-10-25(3)24-19)26-11-8-15(13-20(26)27)29-18-7-5-4-6-16(18)22/h4-11,13-14,17H,12H2,1-3H3,(H,23,24,28). The number of rotatable bonds is 7. The number of hydrogen-bond donors (Lipinski definition) is 1. The fourth-order valence-electron chi connectivity index (χ4n) is 2.93. The average molecular weight is 415 g/mol. The molecule has 0 saturated heterocycles. The van der Waals surface area contributed by atoms with Crippen molar-refractivity contribution in [2.45, 2.75) is 26.3 Å². The Morgan fingerprint density at radius 2 is 1.97 bits per heavy atom. The first kappa shape index (κ1) is 20.7. The fraction of sp³-hybridized carbons (Fsp3) is 0.286. The molecule has 7 nitrogen and oxygen atoms in total. The van der Waals surface area contributed by atoms with E-state index in [1.165, 1.54) is 10.6 Å². The molecule has 1 N–H and O–H groups in total. The van der Waals surface area contributed by atoms with Crippen LogP contribution in [0.25, 0.3) is 0 Å². The number of aryl methyl sites for hydroxylation is 1. The van der Waals surface area contributed by atoms with Crippen LogP contribution < -0.4 is 15.6 Å². The predicted molar refractivity (Wildman–Crippen MR) is 113 cm³/mol. The van der Waals surface area contributed by atoms with Gasteiger partial charge in [-0.05, 0) is 30.5 Å². The third-order valence-corrected chi connectivity index (χ3v) is 4.59. The molecule has 0 bridgehead atoms. The number of halogens is 1. The molecule has 8 heteroatoms. The Balaban J connectivity index is 1.84. The zero-order valence-corrected chi connectivity index (χ0v) is 17.3. The summed E-state index contributed by atoms with van der Waals surface area (Å²) in [6.07, 6.45) is 3.81. The molecule has 0 aliphatic heterocycles. The Bertz CT molecular complexity index is 1060. The molecule has 3 rings (SSSR count). The highest BCUT2D eigenvalue weighted by molar-refractivity contribution is 6.32. The summed E-state index contributed by atoms with van der Waals surface area (Å²) in [5.74, 6) is 1.17. The lowest BCUT2D eigenvalue weighted by atomic mass is 10.0. The highest BCUT2D eigenvalue weighted by Gasteiger charge is 2.23. The molecule has 152 valence electrons. The van der Waals surface area contributed by atoms with Crippen molar-refractivity contribution < 1.29 is 9.53 Å². The van der Waals surface area contributed by atoms with E-state index in [-0.39, 0.29) is 17.4 Å². The molecule has 0 radical (unpaired) electrons. The van der Waals surface area contributed by atoms with E-state index in [4.69, 9.17) is 16.3 Å². The van der Waals surface area contributed by atoms with Gasteiger partial charge in [-0.2, -0.15) is 5.10 Å². The molecule has 1 atom stereocenters. The number of nitrogens with zero attached hydrogens (tertiary/aromatic N) is 3. The summed E-state index contributed by atoms with van der Waals surface area (Å²) in [7, 11) is 1.77. The van der Waals surface area contributed by atoms with E-state index in [0.29, 0.717) is 28.8 Å². The summed E-state index contributed by atoms with van der Waals surface area (Å²) in [6, 6.07) is 11.0. The zero-order valence-electron chi connectivity index (χ0n) is 16.5. The predicted octanol–water partition coefficient (Wildman–Crippen LogP) is 4.25. The van der Waals surface area contributed by atoms with Crippen LogP contribution >= 0.6 is 11.6 Å². The molecule has 0 aliphatic rings. The fourth-order valence-corrected chi connectivity index (χ4v) is 3.11. The van der Waals surface area contributed by atoms with Crippen molar-refractivity contribution in [3.05, 3.63) is 70.2 Å². The number of aromatic nitrogens is 3. The highest BCUT2D eigenvalue weighted by Crippen LogP contribution is 2.28. The van der Waals surface area contributed by atoms with E-state index in [1.807, 2.05) is 13.8 Å². The SMILES string of the molecule is CC(C)CC(C(=O)Nc1ccn(C)n1)n1ccc(Oc2ccccc2Cl)cc1=O. The van der Waals surface area contributed by atoms with Crippen molar-refractivity contribution in [1.29, 1.82) is 0 Å². The van der Waals surface area contributed by atoms with Gasteiger partial charge in [-0.25, -0.2) is 0 Å². The molecule has 3 aromatic rings. The van der Waals surface area contributed by atoms with Gasteiger partial charge in [-0.1, -0.05) is 37.6 Å². The van der Waals surface area contributed by atoms with Crippen LogP contribution in [0, 0.1) is 5.92 Å². The van der Waals surface area contributed by atoms with Gasteiger partial charge in [-0.15, -0.1) is 0 Å². The number of nitrogens with one attached hydrogen (secondary N) is 1. The van der Waals surface area contributed by atoms with E-state index in [9.17, 15) is 9.59 Å². The second kappa shape index (κ2) is 8.96. The van der Waals surface area contributed by atoms with Crippen LogP contribution in [0.4, 0.5) is 5.82 Å². The Kier molecular flexibility index (Phi) is 6.39.